The monoisotopic (exact) mass is 133 g/mol. The number of hydrogen-bond acceptors (Lipinski definition) is 0. The standard InChI is InChI=1S/C9H9N/c1-7-6-10-9-5-3-2-4-8(7)9/h2-6,10H,1H3/i6D/hD. The van der Waals surface area contributed by atoms with E-state index in [0.717, 1.165) is 21.4 Å². The number of nitrogens with one attached hydrogen (secondary N) is 1. The van der Waals surface area contributed by atoms with Crippen LogP contribution in [0.3, 0.4) is 0 Å². The Bertz CT molecular complexity index is 392. The summed E-state index contributed by atoms with van der Waals surface area (Å²) < 4.78 is 15.1. The van der Waals surface area contributed by atoms with Gasteiger partial charge in [0.25, 0.3) is 0 Å². The zero-order chi connectivity index (χ0) is 8.72. The number of aryl methyl sites for hydroxylation is 1. The van der Waals surface area contributed by atoms with Crippen LogP contribution in [0.4, 0.5) is 0 Å². The Morgan fingerprint density at radius 3 is 3.10 bits per heavy atom. The minimum atomic E-state index is 0.274. The van der Waals surface area contributed by atoms with Gasteiger partial charge in [-0.1, -0.05) is 18.2 Å². The summed E-state index contributed by atoms with van der Waals surface area (Å²) in [5.41, 5.74) is 1.68. The van der Waals surface area contributed by atoms with Crippen LogP contribution in [0.1, 0.15) is 6.93 Å². The fourth-order valence-electron chi connectivity index (χ4n) is 1.09. The predicted molar refractivity (Wildman–Crippen MR) is 43.0 cm³/mol. The predicted octanol–water partition coefficient (Wildman–Crippen LogP) is 2.48. The maximum atomic E-state index is 7.55. The van der Waals surface area contributed by atoms with E-state index in [1.165, 1.54) is 0 Å². The van der Waals surface area contributed by atoms with Crippen molar-refractivity contribution in [2.45, 2.75) is 6.92 Å². The van der Waals surface area contributed by atoms with Gasteiger partial charge in [0.1, 0.15) is 0 Å². The van der Waals surface area contributed by atoms with Crippen molar-refractivity contribution in [3.8, 4) is 0 Å². The Labute approximate surface area is 62.6 Å². The zero-order valence-electron chi connectivity index (χ0n) is 7.76. The Kier molecular flexibility index (Phi) is 0.714. The molecule has 0 radical (unpaired) electrons. The second-order valence-electron chi connectivity index (χ2n) is 2.37. The van der Waals surface area contributed by atoms with E-state index in [1.807, 2.05) is 31.2 Å². The van der Waals surface area contributed by atoms with Gasteiger partial charge >= 0.3 is 0 Å². The number of benzene rings is 1. The summed E-state index contributed by atoms with van der Waals surface area (Å²) in [6, 6.07) is 7.60. The fraction of sp³-hybridized carbons (Fsp3) is 0.111. The maximum Gasteiger partial charge on any atom is 0.166 e. The van der Waals surface area contributed by atoms with Gasteiger partial charge in [-0.2, -0.15) is 0 Å². The number of para-hydroxylation sites is 1. The summed E-state index contributed by atoms with van der Waals surface area (Å²) in [5, 5.41) is 0.998. The molecule has 0 fully saturated rings. The molecule has 1 N–H and O–H groups in total. The molecule has 0 unspecified atom stereocenters. The van der Waals surface area contributed by atoms with Gasteiger partial charge in [-0.3, -0.25) is 0 Å². The van der Waals surface area contributed by atoms with Gasteiger partial charge in [0.05, 0.1) is 1.37 Å². The second-order valence-corrected chi connectivity index (χ2v) is 2.37. The van der Waals surface area contributed by atoms with Crippen LogP contribution in [0.15, 0.2) is 30.4 Å². The average molecular weight is 133 g/mol. The molecular weight excluding hydrogens is 122 g/mol. The van der Waals surface area contributed by atoms with Crippen molar-refractivity contribution < 1.29 is 2.78 Å². The Morgan fingerprint density at radius 2 is 2.30 bits per heavy atom. The van der Waals surface area contributed by atoms with Crippen molar-refractivity contribution in [3.05, 3.63) is 36.0 Å². The van der Waals surface area contributed by atoms with Crippen LogP contribution >= 0.6 is 0 Å². The number of aromatic nitrogens is 1. The van der Waals surface area contributed by atoms with Gasteiger partial charge < -0.3 is 4.98 Å². The smallest absolute Gasteiger partial charge is 0.166 e. The zero-order valence-corrected chi connectivity index (χ0v) is 5.76. The molecule has 0 spiro atoms. The lowest BCUT2D eigenvalue weighted by Crippen LogP contribution is -1.64. The van der Waals surface area contributed by atoms with Gasteiger partial charge in [-0.05, 0) is 18.6 Å². The van der Waals surface area contributed by atoms with E-state index < -0.39 is 0 Å². The summed E-state index contributed by atoms with van der Waals surface area (Å²) in [6.45, 7) is 1.87. The van der Waals surface area contributed by atoms with E-state index in [1.54, 1.807) is 0 Å². The van der Waals surface area contributed by atoms with E-state index in [0.29, 0.717) is 0 Å². The van der Waals surface area contributed by atoms with E-state index in [9.17, 15) is 0 Å². The van der Waals surface area contributed by atoms with Crippen molar-refractivity contribution in [3.63, 3.8) is 0 Å². The van der Waals surface area contributed by atoms with Gasteiger partial charge in [0.15, 0.2) is 1.41 Å². The van der Waals surface area contributed by atoms with E-state index in [-0.39, 0.29) is 6.17 Å². The molecule has 2 aromatic rings. The summed E-state index contributed by atoms with van der Waals surface area (Å²) >= 11 is 0. The quantitative estimate of drug-likeness (QED) is 0.568. The summed E-state index contributed by atoms with van der Waals surface area (Å²) in [5.74, 6) is 0. The molecule has 0 aliphatic rings. The Balaban J connectivity index is 2.99. The molecule has 1 nitrogen and oxygen atoms in total. The molecule has 1 aromatic heterocycles. The van der Waals surface area contributed by atoms with Crippen molar-refractivity contribution in [1.29, 1.82) is 0 Å². The van der Waals surface area contributed by atoms with E-state index >= 15 is 0 Å². The Morgan fingerprint density at radius 1 is 1.50 bits per heavy atom. The Hall–Kier alpha value is -1.24. The molecule has 1 aromatic carbocycles. The molecule has 1 heterocycles. The van der Waals surface area contributed by atoms with Crippen LogP contribution in [0, 0.1) is 6.92 Å². The molecule has 10 heavy (non-hydrogen) atoms. The van der Waals surface area contributed by atoms with Crippen molar-refractivity contribution in [2.24, 2.45) is 0 Å². The number of rotatable bonds is 0. The van der Waals surface area contributed by atoms with Gasteiger partial charge in [0.2, 0.25) is 0 Å². The first kappa shape index (κ1) is 3.81. The lowest BCUT2D eigenvalue weighted by Gasteiger charge is -1.86. The SMILES string of the molecule is [2H]c1c(C)c2ccccc2n1[2H]. The van der Waals surface area contributed by atoms with E-state index in [4.69, 9.17) is 2.78 Å². The fourth-order valence-corrected chi connectivity index (χ4v) is 1.09. The number of hydrogen-bond donors (Lipinski definition) is 1. The molecule has 0 saturated heterocycles. The van der Waals surface area contributed by atoms with Crippen LogP contribution in [-0.4, -0.2) is 4.98 Å². The topological polar surface area (TPSA) is 15.8 Å². The van der Waals surface area contributed by atoms with Gasteiger partial charge in [-0.25, -0.2) is 0 Å². The molecule has 0 amide bonds. The third-order valence-electron chi connectivity index (χ3n) is 1.65. The normalized spacial score (nSPS) is 13.3. The first-order valence-corrected chi connectivity index (χ1v) is 3.27. The van der Waals surface area contributed by atoms with Crippen LogP contribution in [0.5, 0.6) is 0 Å². The number of H-pyrrole nitrogens is 1. The lowest BCUT2D eigenvalue weighted by atomic mass is 10.2. The summed E-state index contributed by atoms with van der Waals surface area (Å²) in [4.78, 5) is 1.16. The van der Waals surface area contributed by atoms with Crippen LogP contribution in [0.25, 0.3) is 10.9 Å². The van der Waals surface area contributed by atoms with Crippen molar-refractivity contribution in [2.75, 3.05) is 0 Å². The lowest BCUT2D eigenvalue weighted by molar-refractivity contribution is 1.43. The molecule has 0 aliphatic heterocycles. The maximum absolute atomic E-state index is 7.55. The van der Waals surface area contributed by atoms with Crippen molar-refractivity contribution in [1.82, 2.24) is 4.98 Å². The second kappa shape index (κ2) is 1.87. The third kappa shape index (κ3) is 0.637. The van der Waals surface area contributed by atoms with Crippen molar-refractivity contribution >= 4 is 10.9 Å². The van der Waals surface area contributed by atoms with Gasteiger partial charge in [0, 0.05) is 17.1 Å². The molecular formula is C9H9N. The van der Waals surface area contributed by atoms with E-state index in [2.05, 4.69) is 0 Å². The van der Waals surface area contributed by atoms with Crippen LogP contribution < -0.4 is 0 Å². The molecule has 0 bridgehead atoms. The molecule has 0 aliphatic carbocycles. The summed E-state index contributed by atoms with van der Waals surface area (Å²) in [7, 11) is 0. The minimum Gasteiger partial charge on any atom is -0.361 e. The number of aromatic amines is 1. The highest BCUT2D eigenvalue weighted by molar-refractivity contribution is 5.82. The third-order valence-corrected chi connectivity index (χ3v) is 1.65. The molecule has 0 atom stereocenters. The largest absolute Gasteiger partial charge is 0.361 e. The molecule has 0 saturated carbocycles. The molecule has 1 heteroatoms. The highest BCUT2D eigenvalue weighted by Gasteiger charge is 1.94. The molecule has 50 valence electrons. The minimum absolute atomic E-state index is 0.274. The molecule has 2 rings (SSSR count). The average Bonchev–Trinajstić information content (AvgIpc) is 2.33. The highest BCUT2D eigenvalue weighted by atomic mass is 14.7. The van der Waals surface area contributed by atoms with Crippen LogP contribution in [0.2, 0.25) is 1.41 Å². The highest BCUT2D eigenvalue weighted by Crippen LogP contribution is 2.15. The van der Waals surface area contributed by atoms with Crippen LogP contribution in [-0.2, 0) is 0 Å². The number of fused-ring (bicyclic) bond motifs is 1. The first-order valence-electron chi connectivity index (χ1n) is 4.22. The van der Waals surface area contributed by atoms with Gasteiger partial charge in [-0.15, -0.1) is 0 Å². The first-order chi connectivity index (χ1) is 5.72. The summed E-state index contributed by atoms with van der Waals surface area (Å²) in [6.07, 6.45) is 0.274.